The largest absolute Gasteiger partial charge is 0.366 e. The Kier molecular flexibility index (Phi) is 5.64. The number of benzene rings is 1. The van der Waals surface area contributed by atoms with Gasteiger partial charge >= 0.3 is 0 Å². The summed E-state index contributed by atoms with van der Waals surface area (Å²) in [5.74, 6) is 0.530. The molecule has 1 heterocycles. The van der Waals surface area contributed by atoms with Crippen LogP contribution < -0.4 is 10.6 Å². The zero-order valence-corrected chi connectivity index (χ0v) is 15.0. The van der Waals surface area contributed by atoms with E-state index in [1.54, 1.807) is 12.4 Å². The van der Waals surface area contributed by atoms with Crippen LogP contribution in [-0.4, -0.2) is 21.9 Å². The van der Waals surface area contributed by atoms with E-state index in [1.807, 2.05) is 6.07 Å². The Labute approximate surface area is 149 Å². The van der Waals surface area contributed by atoms with Crippen LogP contribution in [0.25, 0.3) is 0 Å². The summed E-state index contributed by atoms with van der Waals surface area (Å²) >= 11 is 0. The lowest BCUT2D eigenvalue weighted by Crippen LogP contribution is -2.18. The monoisotopic (exact) mass is 338 g/mol. The van der Waals surface area contributed by atoms with Crippen molar-refractivity contribution in [2.24, 2.45) is 0 Å². The molecule has 1 aliphatic carbocycles. The third-order valence-corrected chi connectivity index (χ3v) is 4.83. The number of aromatic nitrogens is 2. The van der Waals surface area contributed by atoms with E-state index >= 15 is 0 Å². The molecule has 0 atom stereocenters. The zero-order chi connectivity index (χ0) is 17.6. The highest BCUT2D eigenvalue weighted by molar-refractivity contribution is 6.03. The summed E-state index contributed by atoms with van der Waals surface area (Å²) in [5, 5.41) is 6.42. The molecule has 132 valence electrons. The van der Waals surface area contributed by atoms with Gasteiger partial charge in [0, 0.05) is 11.7 Å². The molecule has 1 saturated carbocycles. The topological polar surface area (TPSA) is 66.9 Å². The number of nitrogens with one attached hydrogen (secondary N) is 2. The summed E-state index contributed by atoms with van der Waals surface area (Å²) in [6, 6.07) is 6.62. The van der Waals surface area contributed by atoms with E-state index in [0.29, 0.717) is 11.7 Å². The second-order valence-corrected chi connectivity index (χ2v) is 6.53. The molecule has 1 fully saturated rings. The van der Waals surface area contributed by atoms with Gasteiger partial charge in [0.05, 0.1) is 12.4 Å². The molecule has 1 aliphatic rings. The van der Waals surface area contributed by atoms with Crippen molar-refractivity contribution < 1.29 is 4.79 Å². The van der Waals surface area contributed by atoms with Crippen LogP contribution in [0.15, 0.2) is 30.6 Å². The van der Waals surface area contributed by atoms with Gasteiger partial charge in [0.15, 0.2) is 0 Å². The van der Waals surface area contributed by atoms with E-state index in [1.165, 1.54) is 25.7 Å². The molecule has 0 saturated heterocycles. The molecule has 2 N–H and O–H groups in total. The smallest absolute Gasteiger partial charge is 0.275 e. The van der Waals surface area contributed by atoms with Crippen molar-refractivity contribution in [3.8, 4) is 0 Å². The summed E-state index contributed by atoms with van der Waals surface area (Å²) < 4.78 is 0. The average molecular weight is 338 g/mol. The number of carbonyl (C=O) groups excluding carboxylic acids is 1. The highest BCUT2D eigenvalue weighted by atomic mass is 16.1. The predicted molar refractivity (Wildman–Crippen MR) is 101 cm³/mol. The van der Waals surface area contributed by atoms with E-state index in [0.717, 1.165) is 35.5 Å². The van der Waals surface area contributed by atoms with E-state index in [4.69, 9.17) is 0 Å². The van der Waals surface area contributed by atoms with Gasteiger partial charge in [0.2, 0.25) is 0 Å². The van der Waals surface area contributed by atoms with Crippen molar-refractivity contribution in [2.75, 3.05) is 10.6 Å². The Morgan fingerprint density at radius 3 is 2.32 bits per heavy atom. The van der Waals surface area contributed by atoms with Gasteiger partial charge in [0.25, 0.3) is 5.91 Å². The van der Waals surface area contributed by atoms with Gasteiger partial charge in [-0.15, -0.1) is 0 Å². The zero-order valence-electron chi connectivity index (χ0n) is 15.0. The molecule has 0 unspecified atom stereocenters. The molecular formula is C20H26N4O. The summed E-state index contributed by atoms with van der Waals surface area (Å²) in [6.45, 7) is 4.18. The first-order valence-corrected chi connectivity index (χ1v) is 9.22. The van der Waals surface area contributed by atoms with Crippen molar-refractivity contribution >= 4 is 17.4 Å². The Balaban J connectivity index is 1.71. The van der Waals surface area contributed by atoms with Gasteiger partial charge in [-0.1, -0.05) is 44.9 Å². The Bertz CT molecular complexity index is 699. The minimum atomic E-state index is -0.212. The average Bonchev–Trinajstić information content (AvgIpc) is 3.15. The van der Waals surface area contributed by atoms with Crippen LogP contribution in [0.2, 0.25) is 0 Å². The Hall–Kier alpha value is -2.43. The summed E-state index contributed by atoms with van der Waals surface area (Å²) in [7, 11) is 0. The standard InChI is InChI=1S/C20H26N4O/c1-3-14-8-7-9-15(4-2)19(14)24-20(25)17-12-22-18(13-21-17)23-16-10-5-6-11-16/h7-9,12-13,16H,3-6,10-11H2,1-2H3,(H,22,23)(H,24,25). The molecule has 2 aromatic rings. The number of para-hydroxylation sites is 1. The molecular weight excluding hydrogens is 312 g/mol. The number of nitrogens with zero attached hydrogens (tertiary/aromatic N) is 2. The van der Waals surface area contributed by atoms with Crippen LogP contribution in [-0.2, 0) is 12.8 Å². The first-order valence-electron chi connectivity index (χ1n) is 9.22. The third-order valence-electron chi connectivity index (χ3n) is 4.83. The van der Waals surface area contributed by atoms with Crippen LogP contribution in [0.3, 0.4) is 0 Å². The fourth-order valence-corrected chi connectivity index (χ4v) is 3.38. The van der Waals surface area contributed by atoms with Crippen molar-refractivity contribution in [2.45, 2.75) is 58.4 Å². The first-order chi connectivity index (χ1) is 12.2. The van der Waals surface area contributed by atoms with Crippen LogP contribution >= 0.6 is 0 Å². The number of anilines is 2. The minimum absolute atomic E-state index is 0.212. The second kappa shape index (κ2) is 8.10. The fourth-order valence-electron chi connectivity index (χ4n) is 3.38. The minimum Gasteiger partial charge on any atom is -0.366 e. The summed E-state index contributed by atoms with van der Waals surface area (Å²) in [4.78, 5) is 21.2. The van der Waals surface area contributed by atoms with Crippen molar-refractivity contribution in [1.29, 1.82) is 0 Å². The van der Waals surface area contributed by atoms with Gasteiger partial charge in [-0.25, -0.2) is 9.97 Å². The highest BCUT2D eigenvalue weighted by Gasteiger charge is 2.16. The van der Waals surface area contributed by atoms with Crippen LogP contribution in [0.1, 0.15) is 61.1 Å². The predicted octanol–water partition coefficient (Wildman–Crippen LogP) is 4.21. The normalized spacial score (nSPS) is 14.5. The molecule has 0 radical (unpaired) electrons. The summed E-state index contributed by atoms with van der Waals surface area (Å²) in [5.41, 5.74) is 3.53. The van der Waals surface area contributed by atoms with E-state index in [-0.39, 0.29) is 5.91 Å². The second-order valence-electron chi connectivity index (χ2n) is 6.53. The maximum absolute atomic E-state index is 12.6. The Morgan fingerprint density at radius 1 is 1.08 bits per heavy atom. The molecule has 0 bridgehead atoms. The maximum atomic E-state index is 12.6. The summed E-state index contributed by atoms with van der Waals surface area (Å²) in [6.07, 6.45) is 9.84. The SMILES string of the molecule is CCc1cccc(CC)c1NC(=O)c1cnc(NC2CCCC2)cn1. The van der Waals surface area contributed by atoms with E-state index < -0.39 is 0 Å². The first kappa shape index (κ1) is 17.4. The van der Waals surface area contributed by atoms with Crippen LogP contribution in [0.5, 0.6) is 0 Å². The lowest BCUT2D eigenvalue weighted by molar-refractivity contribution is 0.102. The van der Waals surface area contributed by atoms with Crippen molar-refractivity contribution in [3.05, 3.63) is 47.4 Å². The van der Waals surface area contributed by atoms with Crippen LogP contribution in [0.4, 0.5) is 11.5 Å². The van der Waals surface area contributed by atoms with Crippen LogP contribution in [0, 0.1) is 0 Å². The fraction of sp³-hybridized carbons (Fsp3) is 0.450. The molecule has 25 heavy (non-hydrogen) atoms. The van der Waals surface area contributed by atoms with Crippen molar-refractivity contribution in [3.63, 3.8) is 0 Å². The van der Waals surface area contributed by atoms with Gasteiger partial charge < -0.3 is 10.6 Å². The molecule has 1 amide bonds. The lowest BCUT2D eigenvalue weighted by Gasteiger charge is -2.15. The third kappa shape index (κ3) is 4.16. The molecule has 5 heteroatoms. The molecule has 1 aromatic heterocycles. The van der Waals surface area contributed by atoms with Gasteiger partial charge in [-0.2, -0.15) is 0 Å². The number of rotatable bonds is 6. The van der Waals surface area contributed by atoms with Crippen molar-refractivity contribution in [1.82, 2.24) is 9.97 Å². The number of hydrogen-bond donors (Lipinski definition) is 2. The van der Waals surface area contributed by atoms with E-state index in [2.05, 4.69) is 46.6 Å². The number of amides is 1. The highest BCUT2D eigenvalue weighted by Crippen LogP contribution is 2.23. The van der Waals surface area contributed by atoms with Gasteiger partial charge in [-0.3, -0.25) is 4.79 Å². The molecule has 1 aromatic carbocycles. The lowest BCUT2D eigenvalue weighted by atomic mass is 10.0. The maximum Gasteiger partial charge on any atom is 0.275 e. The quantitative estimate of drug-likeness (QED) is 0.828. The van der Waals surface area contributed by atoms with Gasteiger partial charge in [0.1, 0.15) is 11.5 Å². The number of aryl methyl sites for hydroxylation is 2. The van der Waals surface area contributed by atoms with E-state index in [9.17, 15) is 4.79 Å². The molecule has 5 nitrogen and oxygen atoms in total. The number of carbonyl (C=O) groups is 1. The molecule has 3 rings (SSSR count). The Morgan fingerprint density at radius 2 is 1.76 bits per heavy atom. The molecule has 0 spiro atoms. The number of hydrogen-bond acceptors (Lipinski definition) is 4. The molecule has 0 aliphatic heterocycles. The van der Waals surface area contributed by atoms with Gasteiger partial charge in [-0.05, 0) is 36.8 Å².